The molecule has 3 heteroatoms. The van der Waals surface area contributed by atoms with Crippen molar-refractivity contribution in [2.24, 2.45) is 0 Å². The summed E-state index contributed by atoms with van der Waals surface area (Å²) in [4.78, 5) is 5.41. The van der Waals surface area contributed by atoms with Gasteiger partial charge in [0.05, 0.1) is 0 Å². The van der Waals surface area contributed by atoms with Crippen LogP contribution in [0.15, 0.2) is 52.9 Å². The molecule has 0 unspecified atom stereocenters. The van der Waals surface area contributed by atoms with Gasteiger partial charge in [0.2, 0.25) is 0 Å². The molecule has 29 heavy (non-hydrogen) atoms. The molecule has 0 amide bonds. The van der Waals surface area contributed by atoms with E-state index in [9.17, 15) is 0 Å². The molecule has 2 aliphatic rings. The quantitative estimate of drug-likeness (QED) is 0.558. The number of aryl methyl sites for hydroxylation is 1. The van der Waals surface area contributed by atoms with E-state index in [2.05, 4.69) is 65.3 Å². The highest BCUT2D eigenvalue weighted by Gasteiger charge is 2.26. The van der Waals surface area contributed by atoms with Gasteiger partial charge in [-0.25, -0.2) is 0 Å². The van der Waals surface area contributed by atoms with Gasteiger partial charge in [-0.1, -0.05) is 42.8 Å². The Labute approximate surface area is 174 Å². The molecule has 3 aromatic rings. The summed E-state index contributed by atoms with van der Waals surface area (Å²) in [6.45, 7) is 8.33. The first kappa shape index (κ1) is 18.9. The van der Waals surface area contributed by atoms with Crippen LogP contribution in [0.4, 0.5) is 0 Å². The number of nitrogens with zero attached hydrogens (tertiary/aromatic N) is 2. The third-order valence-corrected chi connectivity index (χ3v) is 6.95. The Balaban J connectivity index is 1.32. The van der Waals surface area contributed by atoms with Crippen LogP contribution in [0.1, 0.15) is 43.2 Å². The molecule has 0 N–H and O–H groups in total. The van der Waals surface area contributed by atoms with Crippen LogP contribution in [0.2, 0.25) is 0 Å². The van der Waals surface area contributed by atoms with Crippen molar-refractivity contribution in [3.05, 3.63) is 59.7 Å². The Bertz CT molecular complexity index is 948. The van der Waals surface area contributed by atoms with Crippen LogP contribution in [-0.2, 0) is 6.54 Å². The maximum atomic E-state index is 6.21. The van der Waals surface area contributed by atoms with Crippen molar-refractivity contribution in [1.29, 1.82) is 0 Å². The van der Waals surface area contributed by atoms with E-state index < -0.39 is 0 Å². The van der Waals surface area contributed by atoms with E-state index in [1.54, 1.807) is 0 Å². The molecule has 5 rings (SSSR count). The lowest BCUT2D eigenvalue weighted by molar-refractivity contribution is 0.0897. The van der Waals surface area contributed by atoms with Gasteiger partial charge in [-0.05, 0) is 82.0 Å². The van der Waals surface area contributed by atoms with Crippen LogP contribution in [0.3, 0.4) is 0 Å². The van der Waals surface area contributed by atoms with Crippen LogP contribution in [0, 0.1) is 6.92 Å². The average Bonchev–Trinajstić information content (AvgIpc) is 3.22. The minimum absolute atomic E-state index is 0.807. The van der Waals surface area contributed by atoms with Crippen molar-refractivity contribution in [3.8, 4) is 11.3 Å². The van der Waals surface area contributed by atoms with Gasteiger partial charge in [-0.15, -0.1) is 0 Å². The van der Waals surface area contributed by atoms with E-state index in [1.807, 2.05) is 0 Å². The first-order chi connectivity index (χ1) is 14.3. The van der Waals surface area contributed by atoms with Crippen molar-refractivity contribution in [3.63, 3.8) is 0 Å². The molecule has 2 aromatic carbocycles. The van der Waals surface area contributed by atoms with Crippen LogP contribution in [-0.4, -0.2) is 42.0 Å². The molecule has 0 radical (unpaired) electrons. The Hall–Kier alpha value is -2.10. The fraction of sp³-hybridized carbons (Fsp3) is 0.462. The Morgan fingerprint density at radius 1 is 0.897 bits per heavy atom. The van der Waals surface area contributed by atoms with Gasteiger partial charge < -0.3 is 9.32 Å². The minimum atomic E-state index is 0.807. The van der Waals surface area contributed by atoms with Crippen LogP contribution in [0.25, 0.3) is 22.3 Å². The molecular formula is C26H32N2O. The number of rotatable bonds is 4. The SMILES string of the molecule is Cc1ccc2oc(-c3ccccc3)cc2c1CN1CCC(N2CCCCC2)CC1. The van der Waals surface area contributed by atoms with Crippen LogP contribution < -0.4 is 0 Å². The monoisotopic (exact) mass is 388 g/mol. The molecule has 0 aliphatic carbocycles. The van der Waals surface area contributed by atoms with Crippen LogP contribution in [0.5, 0.6) is 0 Å². The zero-order valence-corrected chi connectivity index (χ0v) is 17.6. The van der Waals surface area contributed by atoms with Crippen molar-refractivity contribution in [2.75, 3.05) is 26.2 Å². The summed E-state index contributed by atoms with van der Waals surface area (Å²) in [5.74, 6) is 0.969. The number of piperidine rings is 2. The number of fused-ring (bicyclic) bond motifs is 1. The van der Waals surface area contributed by atoms with Crippen molar-refractivity contribution < 1.29 is 4.42 Å². The standard InChI is InChI=1S/C26H32N2O/c1-20-10-11-25-23(18-26(29-25)21-8-4-2-5-9-21)24(20)19-27-16-12-22(13-17-27)28-14-6-3-7-15-28/h2,4-5,8-11,18,22H,3,6-7,12-17,19H2,1H3. The van der Waals surface area contributed by atoms with E-state index in [4.69, 9.17) is 4.42 Å². The second-order valence-electron chi connectivity index (χ2n) is 8.85. The number of benzene rings is 2. The lowest BCUT2D eigenvalue weighted by atomic mass is 9.98. The summed E-state index contributed by atoms with van der Waals surface area (Å²) in [5, 5.41) is 1.28. The maximum Gasteiger partial charge on any atom is 0.135 e. The summed E-state index contributed by atoms with van der Waals surface area (Å²) in [6, 6.07) is 17.8. The molecule has 2 aliphatic heterocycles. The summed E-state index contributed by atoms with van der Waals surface area (Å²) >= 11 is 0. The normalized spacial score (nSPS) is 19.8. The zero-order valence-electron chi connectivity index (χ0n) is 17.6. The van der Waals surface area contributed by atoms with Crippen molar-refractivity contribution >= 4 is 11.0 Å². The van der Waals surface area contributed by atoms with Gasteiger partial charge in [-0.2, -0.15) is 0 Å². The predicted molar refractivity (Wildman–Crippen MR) is 120 cm³/mol. The fourth-order valence-corrected chi connectivity index (χ4v) is 5.18. The molecule has 152 valence electrons. The largest absolute Gasteiger partial charge is 0.456 e. The Morgan fingerprint density at radius 2 is 1.66 bits per heavy atom. The third kappa shape index (κ3) is 3.99. The van der Waals surface area contributed by atoms with Gasteiger partial charge in [0.25, 0.3) is 0 Å². The van der Waals surface area contributed by atoms with Gasteiger partial charge in [0.1, 0.15) is 11.3 Å². The molecule has 0 spiro atoms. The molecule has 3 heterocycles. The predicted octanol–water partition coefficient (Wildman–Crippen LogP) is 5.86. The number of hydrogen-bond donors (Lipinski definition) is 0. The molecule has 2 saturated heterocycles. The van der Waals surface area contributed by atoms with E-state index in [0.717, 1.165) is 29.5 Å². The van der Waals surface area contributed by atoms with Gasteiger partial charge in [0.15, 0.2) is 0 Å². The van der Waals surface area contributed by atoms with E-state index in [-0.39, 0.29) is 0 Å². The fourth-order valence-electron chi connectivity index (χ4n) is 5.18. The Morgan fingerprint density at radius 3 is 2.41 bits per heavy atom. The lowest BCUT2D eigenvalue weighted by Crippen LogP contribution is -2.46. The lowest BCUT2D eigenvalue weighted by Gasteiger charge is -2.40. The number of likely N-dealkylation sites (tertiary alicyclic amines) is 2. The van der Waals surface area contributed by atoms with Gasteiger partial charge >= 0.3 is 0 Å². The molecule has 0 bridgehead atoms. The third-order valence-electron chi connectivity index (χ3n) is 6.95. The van der Waals surface area contributed by atoms with E-state index in [0.29, 0.717) is 0 Å². The molecule has 1 aromatic heterocycles. The van der Waals surface area contributed by atoms with Crippen molar-refractivity contribution in [2.45, 2.75) is 51.6 Å². The summed E-state index contributed by atoms with van der Waals surface area (Å²) in [5.41, 5.74) is 4.96. The number of furan rings is 1. The second kappa shape index (κ2) is 8.33. The summed E-state index contributed by atoms with van der Waals surface area (Å²) in [7, 11) is 0. The topological polar surface area (TPSA) is 19.6 Å². The van der Waals surface area contributed by atoms with E-state index >= 15 is 0 Å². The first-order valence-electron chi connectivity index (χ1n) is 11.3. The summed E-state index contributed by atoms with van der Waals surface area (Å²) in [6.07, 6.45) is 6.84. The van der Waals surface area contributed by atoms with Crippen molar-refractivity contribution in [1.82, 2.24) is 9.80 Å². The van der Waals surface area contributed by atoms with Crippen LogP contribution >= 0.6 is 0 Å². The Kier molecular flexibility index (Phi) is 5.43. The van der Waals surface area contributed by atoms with E-state index in [1.165, 1.54) is 74.8 Å². The van der Waals surface area contributed by atoms with Gasteiger partial charge in [-0.3, -0.25) is 4.90 Å². The average molecular weight is 389 g/mol. The minimum Gasteiger partial charge on any atom is -0.456 e. The highest BCUT2D eigenvalue weighted by Crippen LogP contribution is 2.32. The summed E-state index contributed by atoms with van der Waals surface area (Å²) < 4.78 is 6.21. The highest BCUT2D eigenvalue weighted by molar-refractivity contribution is 5.86. The second-order valence-corrected chi connectivity index (χ2v) is 8.85. The molecule has 3 nitrogen and oxygen atoms in total. The maximum absolute atomic E-state index is 6.21. The molecule has 0 atom stereocenters. The smallest absolute Gasteiger partial charge is 0.135 e. The zero-order chi connectivity index (χ0) is 19.6. The van der Waals surface area contributed by atoms with Gasteiger partial charge in [0, 0.05) is 23.5 Å². The highest BCUT2D eigenvalue weighted by atomic mass is 16.3. The molecule has 2 fully saturated rings. The number of hydrogen-bond acceptors (Lipinski definition) is 3. The molecular weight excluding hydrogens is 356 g/mol. The molecule has 0 saturated carbocycles. The first-order valence-corrected chi connectivity index (χ1v) is 11.3.